The van der Waals surface area contributed by atoms with E-state index in [4.69, 9.17) is 9.94 Å². The molecule has 0 aliphatic heterocycles. The second kappa shape index (κ2) is 8.77. The Balaban J connectivity index is 3.06. The molecule has 0 saturated carbocycles. The van der Waals surface area contributed by atoms with Crippen LogP contribution in [0.3, 0.4) is 0 Å². The molecule has 1 atom stereocenters. The van der Waals surface area contributed by atoms with E-state index in [1.54, 1.807) is 26.8 Å². The van der Waals surface area contributed by atoms with Gasteiger partial charge in [-0.25, -0.2) is 18.2 Å². The highest BCUT2D eigenvalue weighted by Gasteiger charge is 2.32. The molecule has 0 unspecified atom stereocenters. The number of carboxylic acids is 1. The van der Waals surface area contributed by atoms with Crippen LogP contribution in [0.1, 0.15) is 33.6 Å². The van der Waals surface area contributed by atoms with Crippen molar-refractivity contribution in [1.82, 2.24) is 9.79 Å². The lowest BCUT2D eigenvalue weighted by atomic mass is 10.1. The molecule has 0 bridgehead atoms. The van der Waals surface area contributed by atoms with E-state index in [9.17, 15) is 22.8 Å². The van der Waals surface area contributed by atoms with Crippen LogP contribution in [0.4, 0.5) is 0 Å². The summed E-state index contributed by atoms with van der Waals surface area (Å²) >= 11 is 0. The summed E-state index contributed by atoms with van der Waals surface area (Å²) in [6.07, 6.45) is -0.561. The number of benzene rings is 1. The van der Waals surface area contributed by atoms with Crippen molar-refractivity contribution in [3.8, 4) is 0 Å². The molecule has 9 nitrogen and oxygen atoms in total. The van der Waals surface area contributed by atoms with Gasteiger partial charge in [0.05, 0.1) is 10.5 Å². The lowest BCUT2D eigenvalue weighted by molar-refractivity contribution is -0.231. The number of hydrogen-bond acceptors (Lipinski definition) is 6. The van der Waals surface area contributed by atoms with E-state index in [1.807, 2.05) is 4.72 Å². The SMILES string of the molecule is CC(C)(C)ON(C=O)[C@@H](CCC(=O)O)C(=O)NS(=O)(=O)c1ccccc1. The van der Waals surface area contributed by atoms with Crippen LogP contribution in [0.25, 0.3) is 0 Å². The number of carbonyl (C=O) groups is 3. The molecule has 0 heterocycles. The second-order valence-electron chi connectivity index (χ2n) is 6.40. The van der Waals surface area contributed by atoms with E-state index in [1.165, 1.54) is 24.3 Å². The van der Waals surface area contributed by atoms with E-state index in [0.29, 0.717) is 5.06 Å². The largest absolute Gasteiger partial charge is 0.481 e. The van der Waals surface area contributed by atoms with Crippen molar-refractivity contribution >= 4 is 28.3 Å². The van der Waals surface area contributed by atoms with Crippen LogP contribution in [0.2, 0.25) is 0 Å². The number of hydrogen-bond donors (Lipinski definition) is 2. The quantitative estimate of drug-likeness (QED) is 0.476. The first-order chi connectivity index (χ1) is 12.0. The third-order valence-electron chi connectivity index (χ3n) is 3.01. The molecule has 0 saturated heterocycles. The van der Waals surface area contributed by atoms with Gasteiger partial charge in [0.2, 0.25) is 6.41 Å². The highest BCUT2D eigenvalue weighted by molar-refractivity contribution is 7.90. The Morgan fingerprint density at radius 1 is 1.27 bits per heavy atom. The van der Waals surface area contributed by atoms with Crippen LogP contribution < -0.4 is 4.72 Å². The van der Waals surface area contributed by atoms with Gasteiger partial charge in [-0.05, 0) is 39.3 Å². The highest BCUT2D eigenvalue weighted by Crippen LogP contribution is 2.16. The molecule has 2 amide bonds. The van der Waals surface area contributed by atoms with Crippen molar-refractivity contribution in [2.24, 2.45) is 0 Å². The van der Waals surface area contributed by atoms with Crippen LogP contribution >= 0.6 is 0 Å². The number of hydroxylamine groups is 2. The summed E-state index contributed by atoms with van der Waals surface area (Å²) in [5.74, 6) is -2.26. The van der Waals surface area contributed by atoms with Crippen LogP contribution in [-0.4, -0.2) is 48.5 Å². The first-order valence-corrected chi connectivity index (χ1v) is 9.21. The molecule has 0 aliphatic rings. The summed E-state index contributed by atoms with van der Waals surface area (Å²) in [4.78, 5) is 39.8. The molecule has 144 valence electrons. The van der Waals surface area contributed by atoms with E-state index >= 15 is 0 Å². The number of carboxylic acid groups (broad SMARTS) is 1. The molecule has 1 aromatic rings. The molecule has 0 aromatic heterocycles. The maximum absolute atomic E-state index is 12.5. The van der Waals surface area contributed by atoms with Crippen molar-refractivity contribution in [2.45, 2.75) is 50.2 Å². The second-order valence-corrected chi connectivity index (χ2v) is 8.08. The molecule has 2 N–H and O–H groups in total. The Kier molecular flexibility index (Phi) is 7.28. The lowest BCUT2D eigenvalue weighted by Gasteiger charge is -2.31. The van der Waals surface area contributed by atoms with Crippen molar-refractivity contribution in [1.29, 1.82) is 0 Å². The predicted octanol–water partition coefficient (Wildman–Crippen LogP) is 0.913. The zero-order valence-corrected chi connectivity index (χ0v) is 15.5. The summed E-state index contributed by atoms with van der Waals surface area (Å²) in [6.45, 7) is 4.86. The smallest absolute Gasteiger partial charge is 0.303 e. The van der Waals surface area contributed by atoms with Crippen molar-refractivity contribution in [3.63, 3.8) is 0 Å². The molecule has 1 aromatic carbocycles. The topological polar surface area (TPSA) is 130 Å². The van der Waals surface area contributed by atoms with Gasteiger partial charge in [0, 0.05) is 6.42 Å². The minimum absolute atomic E-state index is 0.139. The summed E-state index contributed by atoms with van der Waals surface area (Å²) in [5, 5.41) is 9.48. The Morgan fingerprint density at radius 3 is 2.31 bits per heavy atom. The molecule has 1 rings (SSSR count). The molecular weight excluding hydrogens is 364 g/mol. The molecule has 10 heteroatoms. The number of aliphatic carboxylic acids is 1. The fourth-order valence-electron chi connectivity index (χ4n) is 1.97. The molecule has 0 spiro atoms. The monoisotopic (exact) mass is 386 g/mol. The van der Waals surface area contributed by atoms with E-state index in [0.717, 1.165) is 0 Å². The van der Waals surface area contributed by atoms with Gasteiger partial charge in [0.15, 0.2) is 0 Å². The van der Waals surface area contributed by atoms with Crippen LogP contribution in [0, 0.1) is 0 Å². The lowest BCUT2D eigenvalue weighted by Crippen LogP contribution is -2.50. The zero-order chi connectivity index (χ0) is 20.0. The Labute approximate surface area is 151 Å². The Hall–Kier alpha value is -2.46. The number of nitrogens with one attached hydrogen (secondary N) is 1. The normalized spacial score (nSPS) is 12.9. The summed E-state index contributed by atoms with van der Waals surface area (Å²) < 4.78 is 26.4. The van der Waals surface area contributed by atoms with E-state index in [-0.39, 0.29) is 17.7 Å². The van der Waals surface area contributed by atoms with Crippen molar-refractivity contribution in [2.75, 3.05) is 0 Å². The average Bonchev–Trinajstić information content (AvgIpc) is 2.52. The zero-order valence-electron chi connectivity index (χ0n) is 14.7. The number of rotatable bonds is 9. The number of amides is 2. The Bertz CT molecular complexity index is 742. The third-order valence-corrected chi connectivity index (χ3v) is 4.38. The first kappa shape index (κ1) is 21.6. The molecule has 0 radical (unpaired) electrons. The van der Waals surface area contributed by atoms with Gasteiger partial charge in [0.25, 0.3) is 15.9 Å². The van der Waals surface area contributed by atoms with Crippen LogP contribution in [0.5, 0.6) is 0 Å². The summed E-state index contributed by atoms with van der Waals surface area (Å²) in [5.41, 5.74) is -0.860. The fourth-order valence-corrected chi connectivity index (χ4v) is 3.00. The van der Waals surface area contributed by atoms with Gasteiger partial charge in [-0.3, -0.25) is 19.2 Å². The first-order valence-electron chi connectivity index (χ1n) is 7.72. The summed E-state index contributed by atoms with van der Waals surface area (Å²) in [7, 11) is -4.17. The van der Waals surface area contributed by atoms with Gasteiger partial charge < -0.3 is 5.11 Å². The minimum Gasteiger partial charge on any atom is -0.481 e. The number of nitrogens with zero attached hydrogens (tertiary/aromatic N) is 1. The van der Waals surface area contributed by atoms with Gasteiger partial charge in [0.1, 0.15) is 6.04 Å². The Morgan fingerprint density at radius 2 is 1.85 bits per heavy atom. The summed E-state index contributed by atoms with van der Waals surface area (Å²) in [6, 6.07) is 5.75. The van der Waals surface area contributed by atoms with Crippen LogP contribution in [0.15, 0.2) is 35.2 Å². The van der Waals surface area contributed by atoms with Crippen molar-refractivity contribution < 1.29 is 32.7 Å². The van der Waals surface area contributed by atoms with Gasteiger partial charge in [-0.2, -0.15) is 0 Å². The molecule has 0 fully saturated rings. The highest BCUT2D eigenvalue weighted by atomic mass is 32.2. The molecule has 26 heavy (non-hydrogen) atoms. The van der Waals surface area contributed by atoms with E-state index < -0.39 is 40.0 Å². The van der Waals surface area contributed by atoms with E-state index in [2.05, 4.69) is 0 Å². The standard InChI is InChI=1S/C16H22N2O7S/c1-16(2,3)25-18(11-19)13(9-10-14(20)21)15(22)17-26(23,24)12-7-5-4-6-8-12/h4-8,11,13H,9-10H2,1-3H3,(H,17,22)(H,20,21)/t13-/m0/s1. The average molecular weight is 386 g/mol. The number of sulfonamides is 1. The van der Waals surface area contributed by atoms with Gasteiger partial charge >= 0.3 is 5.97 Å². The van der Waals surface area contributed by atoms with Crippen LogP contribution in [-0.2, 0) is 29.2 Å². The molecular formula is C16H22N2O7S. The predicted molar refractivity (Wildman–Crippen MR) is 91.2 cm³/mol. The van der Waals surface area contributed by atoms with Gasteiger partial charge in [-0.1, -0.05) is 18.2 Å². The fraction of sp³-hybridized carbons (Fsp3) is 0.438. The van der Waals surface area contributed by atoms with Gasteiger partial charge in [-0.15, -0.1) is 0 Å². The maximum atomic E-state index is 12.5. The molecule has 0 aliphatic carbocycles. The number of carbonyl (C=O) groups excluding carboxylic acids is 2. The maximum Gasteiger partial charge on any atom is 0.303 e. The minimum atomic E-state index is -4.17. The third kappa shape index (κ3) is 6.81. The van der Waals surface area contributed by atoms with Crippen molar-refractivity contribution in [3.05, 3.63) is 30.3 Å².